The summed E-state index contributed by atoms with van der Waals surface area (Å²) in [5, 5.41) is 4.07. The third-order valence-electron chi connectivity index (χ3n) is 4.91. The molecule has 3 aromatic rings. The average molecular weight is 396 g/mol. The topological polar surface area (TPSA) is 81.4 Å². The Labute approximate surface area is 167 Å². The number of rotatable bonds is 5. The molecule has 150 valence electrons. The molecule has 0 radical (unpaired) electrons. The fourth-order valence-corrected chi connectivity index (χ4v) is 3.41. The van der Waals surface area contributed by atoms with Crippen LogP contribution in [0, 0.1) is 5.82 Å². The van der Waals surface area contributed by atoms with Crippen molar-refractivity contribution in [2.24, 2.45) is 0 Å². The summed E-state index contributed by atoms with van der Waals surface area (Å²) in [7, 11) is 0. The SMILES string of the molecule is O=C(COc1ccc(F)cc1)N1CCCCCC1c1nc(-c2ccncc2)no1. The van der Waals surface area contributed by atoms with Crippen molar-refractivity contribution in [2.75, 3.05) is 13.2 Å². The molecule has 0 N–H and O–H groups in total. The summed E-state index contributed by atoms with van der Waals surface area (Å²) < 4.78 is 24.1. The van der Waals surface area contributed by atoms with Crippen molar-refractivity contribution in [3.63, 3.8) is 0 Å². The lowest BCUT2D eigenvalue weighted by atomic mass is 10.1. The zero-order valence-corrected chi connectivity index (χ0v) is 15.8. The van der Waals surface area contributed by atoms with Gasteiger partial charge in [-0.05, 0) is 49.2 Å². The molecule has 1 aliphatic heterocycles. The zero-order chi connectivity index (χ0) is 20.1. The third kappa shape index (κ3) is 4.59. The molecule has 1 fully saturated rings. The number of amides is 1. The van der Waals surface area contributed by atoms with Gasteiger partial charge in [0.05, 0.1) is 0 Å². The Morgan fingerprint density at radius 2 is 1.93 bits per heavy atom. The van der Waals surface area contributed by atoms with Crippen LogP contribution in [0.2, 0.25) is 0 Å². The van der Waals surface area contributed by atoms with Gasteiger partial charge in [-0.15, -0.1) is 0 Å². The normalized spacial score (nSPS) is 17.0. The van der Waals surface area contributed by atoms with Crippen LogP contribution < -0.4 is 4.74 Å². The lowest BCUT2D eigenvalue weighted by Gasteiger charge is -2.27. The van der Waals surface area contributed by atoms with E-state index >= 15 is 0 Å². The molecule has 2 aromatic heterocycles. The lowest BCUT2D eigenvalue weighted by Crippen LogP contribution is -2.38. The van der Waals surface area contributed by atoms with Crippen LogP contribution in [0.15, 0.2) is 53.3 Å². The predicted octanol–water partition coefficient (Wildman–Crippen LogP) is 3.79. The maximum absolute atomic E-state index is 13.0. The number of aromatic nitrogens is 3. The van der Waals surface area contributed by atoms with Gasteiger partial charge >= 0.3 is 0 Å². The smallest absolute Gasteiger partial charge is 0.261 e. The van der Waals surface area contributed by atoms with Crippen molar-refractivity contribution in [1.29, 1.82) is 0 Å². The maximum Gasteiger partial charge on any atom is 0.261 e. The first-order valence-corrected chi connectivity index (χ1v) is 9.62. The molecule has 8 heteroatoms. The van der Waals surface area contributed by atoms with Crippen LogP contribution in [0.1, 0.15) is 37.6 Å². The first-order chi connectivity index (χ1) is 14.2. The summed E-state index contributed by atoms with van der Waals surface area (Å²) in [5.74, 6) is 0.835. The first kappa shape index (κ1) is 19.0. The van der Waals surface area contributed by atoms with Gasteiger partial charge in [0.15, 0.2) is 6.61 Å². The van der Waals surface area contributed by atoms with Crippen LogP contribution in [-0.4, -0.2) is 39.1 Å². The van der Waals surface area contributed by atoms with Crippen molar-refractivity contribution in [1.82, 2.24) is 20.0 Å². The summed E-state index contributed by atoms with van der Waals surface area (Å²) in [6.45, 7) is 0.469. The zero-order valence-electron chi connectivity index (χ0n) is 15.8. The van der Waals surface area contributed by atoms with E-state index < -0.39 is 0 Å². The highest BCUT2D eigenvalue weighted by Gasteiger charge is 2.31. The molecule has 1 atom stereocenters. The van der Waals surface area contributed by atoms with Gasteiger partial charge in [-0.1, -0.05) is 18.0 Å². The number of pyridine rings is 1. The van der Waals surface area contributed by atoms with Gasteiger partial charge in [-0.2, -0.15) is 4.98 Å². The molecule has 1 amide bonds. The van der Waals surface area contributed by atoms with Gasteiger partial charge in [0.25, 0.3) is 5.91 Å². The fraction of sp³-hybridized carbons (Fsp3) is 0.333. The maximum atomic E-state index is 13.0. The number of carbonyl (C=O) groups excluding carboxylic acids is 1. The van der Waals surface area contributed by atoms with E-state index in [2.05, 4.69) is 15.1 Å². The summed E-state index contributed by atoms with van der Waals surface area (Å²) in [6, 6.07) is 8.93. The average Bonchev–Trinajstić information content (AvgIpc) is 3.11. The van der Waals surface area contributed by atoms with E-state index in [9.17, 15) is 9.18 Å². The molecule has 0 saturated carbocycles. The number of likely N-dealkylation sites (tertiary alicyclic amines) is 1. The summed E-state index contributed by atoms with van der Waals surface area (Å²) in [6.07, 6.45) is 6.99. The van der Waals surface area contributed by atoms with E-state index in [0.29, 0.717) is 24.0 Å². The highest BCUT2D eigenvalue weighted by molar-refractivity contribution is 5.78. The minimum Gasteiger partial charge on any atom is -0.484 e. The van der Waals surface area contributed by atoms with E-state index in [1.807, 2.05) is 0 Å². The van der Waals surface area contributed by atoms with Crippen molar-refractivity contribution >= 4 is 5.91 Å². The molecule has 0 spiro atoms. The molecule has 0 aliphatic carbocycles. The Kier molecular flexibility index (Phi) is 5.79. The molecule has 29 heavy (non-hydrogen) atoms. The van der Waals surface area contributed by atoms with E-state index in [1.54, 1.807) is 29.4 Å². The van der Waals surface area contributed by atoms with Gasteiger partial charge in [0.2, 0.25) is 11.7 Å². The quantitative estimate of drug-likeness (QED) is 0.653. The van der Waals surface area contributed by atoms with Gasteiger partial charge in [-0.25, -0.2) is 4.39 Å². The summed E-state index contributed by atoms with van der Waals surface area (Å²) in [4.78, 5) is 23.1. The van der Waals surface area contributed by atoms with Crippen LogP contribution in [0.25, 0.3) is 11.4 Å². The van der Waals surface area contributed by atoms with E-state index in [4.69, 9.17) is 9.26 Å². The van der Waals surface area contributed by atoms with Crippen molar-refractivity contribution < 1.29 is 18.4 Å². The van der Waals surface area contributed by atoms with Gasteiger partial charge in [0.1, 0.15) is 17.6 Å². The van der Waals surface area contributed by atoms with E-state index in [0.717, 1.165) is 31.2 Å². The van der Waals surface area contributed by atoms with Crippen molar-refractivity contribution in [3.05, 3.63) is 60.5 Å². The molecule has 7 nitrogen and oxygen atoms in total. The van der Waals surface area contributed by atoms with Crippen LogP contribution in [0.3, 0.4) is 0 Å². The Morgan fingerprint density at radius 1 is 1.14 bits per heavy atom. The van der Waals surface area contributed by atoms with Crippen LogP contribution in [0.4, 0.5) is 4.39 Å². The molecule has 3 heterocycles. The van der Waals surface area contributed by atoms with Crippen molar-refractivity contribution in [3.8, 4) is 17.1 Å². The van der Waals surface area contributed by atoms with E-state index in [1.165, 1.54) is 24.3 Å². The molecule has 0 bridgehead atoms. The minimum atomic E-state index is -0.349. The third-order valence-corrected chi connectivity index (χ3v) is 4.91. The minimum absolute atomic E-state index is 0.131. The molecule has 1 aromatic carbocycles. The number of nitrogens with zero attached hydrogens (tertiary/aromatic N) is 4. The van der Waals surface area contributed by atoms with Crippen LogP contribution in [0.5, 0.6) is 5.75 Å². The summed E-state index contributed by atoms with van der Waals surface area (Å²) >= 11 is 0. The fourth-order valence-electron chi connectivity index (χ4n) is 3.41. The number of ether oxygens (including phenoxy) is 1. The first-order valence-electron chi connectivity index (χ1n) is 9.62. The highest BCUT2D eigenvalue weighted by Crippen LogP contribution is 2.30. The number of hydrogen-bond acceptors (Lipinski definition) is 6. The number of halogens is 1. The molecule has 1 aliphatic rings. The van der Waals surface area contributed by atoms with Gasteiger partial charge in [-0.3, -0.25) is 9.78 Å². The van der Waals surface area contributed by atoms with Crippen LogP contribution >= 0.6 is 0 Å². The van der Waals surface area contributed by atoms with Crippen LogP contribution in [-0.2, 0) is 4.79 Å². The lowest BCUT2D eigenvalue weighted by molar-refractivity contribution is -0.136. The van der Waals surface area contributed by atoms with E-state index in [-0.39, 0.29) is 24.4 Å². The van der Waals surface area contributed by atoms with Gasteiger partial charge in [0, 0.05) is 24.5 Å². The highest BCUT2D eigenvalue weighted by atomic mass is 19.1. The Hall–Kier alpha value is -3.29. The Balaban J connectivity index is 1.49. The number of hydrogen-bond donors (Lipinski definition) is 0. The second kappa shape index (κ2) is 8.81. The monoisotopic (exact) mass is 396 g/mol. The largest absolute Gasteiger partial charge is 0.484 e. The molecule has 4 rings (SSSR count). The molecule has 1 unspecified atom stereocenters. The Morgan fingerprint density at radius 3 is 2.72 bits per heavy atom. The molecular formula is C21H21FN4O3. The second-order valence-electron chi connectivity index (χ2n) is 6.89. The second-order valence-corrected chi connectivity index (χ2v) is 6.89. The summed E-state index contributed by atoms with van der Waals surface area (Å²) in [5.41, 5.74) is 0.807. The standard InChI is InChI=1S/C21H21FN4O3/c22-16-5-7-17(8-6-16)28-14-19(27)26-13-3-1-2-4-18(26)21-24-20(25-29-21)15-9-11-23-12-10-15/h5-12,18H,1-4,13-14H2. The molecule has 1 saturated heterocycles. The Bertz CT molecular complexity index is 946. The number of carbonyl (C=O) groups is 1. The van der Waals surface area contributed by atoms with Gasteiger partial charge < -0.3 is 14.2 Å². The number of benzene rings is 1. The molecular weight excluding hydrogens is 375 g/mol. The van der Waals surface area contributed by atoms with Crippen molar-refractivity contribution in [2.45, 2.75) is 31.7 Å². The predicted molar refractivity (Wildman–Crippen MR) is 102 cm³/mol.